The number of fused-ring (bicyclic) bond motifs is 1. The molecule has 0 saturated carbocycles. The van der Waals surface area contributed by atoms with Crippen molar-refractivity contribution in [1.82, 2.24) is 15.3 Å². The molecular formula is C28H31N7. The number of anilines is 2. The van der Waals surface area contributed by atoms with Gasteiger partial charge in [-0.3, -0.25) is 4.99 Å². The Morgan fingerprint density at radius 2 is 1.89 bits per heavy atom. The Balaban J connectivity index is 1.55. The maximum atomic E-state index is 7.51. The molecular weight excluding hydrogens is 434 g/mol. The zero-order chi connectivity index (χ0) is 25.1. The average molecular weight is 466 g/mol. The molecule has 4 rings (SSSR count). The van der Waals surface area contributed by atoms with Gasteiger partial charge >= 0.3 is 0 Å². The van der Waals surface area contributed by atoms with Crippen molar-refractivity contribution in [2.75, 3.05) is 11.1 Å². The van der Waals surface area contributed by atoms with Crippen LogP contribution in [0.3, 0.4) is 0 Å². The van der Waals surface area contributed by atoms with Gasteiger partial charge in [-0.1, -0.05) is 25.3 Å². The third kappa shape index (κ3) is 5.19. The van der Waals surface area contributed by atoms with Gasteiger partial charge in [-0.25, -0.2) is 0 Å². The van der Waals surface area contributed by atoms with E-state index in [2.05, 4.69) is 71.9 Å². The molecule has 0 amide bonds. The molecule has 7 N–H and O–H groups in total. The lowest BCUT2D eigenvalue weighted by Gasteiger charge is -2.11. The number of hydrogen-bond donors (Lipinski definition) is 6. The quantitative estimate of drug-likeness (QED) is 0.129. The van der Waals surface area contributed by atoms with Crippen LogP contribution in [0.15, 0.2) is 72.9 Å². The van der Waals surface area contributed by atoms with Gasteiger partial charge in [0.2, 0.25) is 0 Å². The number of hydrogen-bond acceptors (Lipinski definition) is 5. The summed E-state index contributed by atoms with van der Waals surface area (Å²) in [4.78, 5) is 11.4. The van der Waals surface area contributed by atoms with Crippen molar-refractivity contribution in [3.8, 4) is 0 Å². The number of nitrogens with one attached hydrogen (secondary N) is 5. The van der Waals surface area contributed by atoms with Gasteiger partial charge in [0, 0.05) is 46.3 Å². The second-order valence-corrected chi connectivity index (χ2v) is 8.79. The van der Waals surface area contributed by atoms with Gasteiger partial charge in [0.1, 0.15) is 0 Å². The molecule has 178 valence electrons. The first kappa shape index (κ1) is 23.6. The fraction of sp³-hybridized carbons (Fsp3) is 0.143. The average Bonchev–Trinajstić information content (AvgIpc) is 3.46. The van der Waals surface area contributed by atoms with Gasteiger partial charge in [0.25, 0.3) is 0 Å². The molecule has 0 spiro atoms. The van der Waals surface area contributed by atoms with E-state index in [0.29, 0.717) is 17.3 Å². The Kier molecular flexibility index (Phi) is 6.59. The molecule has 7 heteroatoms. The molecule has 2 heterocycles. The fourth-order valence-electron chi connectivity index (χ4n) is 3.92. The third-order valence-corrected chi connectivity index (χ3v) is 5.68. The van der Waals surface area contributed by atoms with Crippen LogP contribution in [-0.2, 0) is 0 Å². The molecule has 0 bridgehead atoms. The van der Waals surface area contributed by atoms with Crippen LogP contribution in [0.25, 0.3) is 22.3 Å². The minimum absolute atomic E-state index is 0.314. The van der Waals surface area contributed by atoms with Crippen LogP contribution in [0, 0.1) is 5.41 Å². The monoisotopic (exact) mass is 465 g/mol. The number of H-pyrrole nitrogens is 2. The Hall–Kier alpha value is -4.52. The Morgan fingerprint density at radius 1 is 1.09 bits per heavy atom. The first-order chi connectivity index (χ1) is 16.7. The molecule has 4 aromatic rings. The lowest BCUT2D eigenvalue weighted by molar-refractivity contribution is 0.716. The fourth-order valence-corrected chi connectivity index (χ4v) is 3.92. The zero-order valence-electron chi connectivity index (χ0n) is 20.3. The van der Waals surface area contributed by atoms with Gasteiger partial charge in [-0.05, 0) is 62.7 Å². The summed E-state index contributed by atoms with van der Waals surface area (Å²) in [6.45, 7) is 14.5. The Bertz CT molecular complexity index is 1450. The molecule has 0 atom stereocenters. The lowest BCUT2D eigenvalue weighted by atomic mass is 10.1. The van der Waals surface area contributed by atoms with Crippen LogP contribution >= 0.6 is 0 Å². The van der Waals surface area contributed by atoms with Crippen LogP contribution in [0.5, 0.6) is 0 Å². The molecule has 0 radical (unpaired) electrons. The summed E-state index contributed by atoms with van der Waals surface area (Å²) < 4.78 is 0. The molecule has 7 nitrogen and oxygen atoms in total. The molecule has 0 aliphatic rings. The maximum Gasteiger partial charge on any atom is 0.0835 e. The summed E-state index contributed by atoms with van der Waals surface area (Å²) in [6, 6.07) is 16.0. The first-order valence-electron chi connectivity index (χ1n) is 11.4. The van der Waals surface area contributed by atoms with E-state index in [0.717, 1.165) is 56.3 Å². The highest BCUT2D eigenvalue weighted by Crippen LogP contribution is 2.27. The topological polar surface area (TPSA) is 118 Å². The van der Waals surface area contributed by atoms with E-state index >= 15 is 0 Å². The highest BCUT2D eigenvalue weighted by Gasteiger charge is 2.11. The number of rotatable bonds is 9. The summed E-state index contributed by atoms with van der Waals surface area (Å²) in [5.41, 5.74) is 15.0. The number of aromatic nitrogens is 2. The van der Waals surface area contributed by atoms with E-state index in [9.17, 15) is 0 Å². The largest absolute Gasteiger partial charge is 0.398 e. The van der Waals surface area contributed by atoms with Crippen LogP contribution in [0.2, 0.25) is 0 Å². The van der Waals surface area contributed by atoms with Gasteiger partial charge in [0.05, 0.1) is 34.2 Å². The molecule has 2 aromatic carbocycles. The number of nitrogen functional groups attached to an aromatic ring is 1. The zero-order valence-corrected chi connectivity index (χ0v) is 20.3. The minimum Gasteiger partial charge on any atom is -0.398 e. The molecule has 0 saturated heterocycles. The van der Waals surface area contributed by atoms with Gasteiger partial charge < -0.3 is 31.7 Å². The van der Waals surface area contributed by atoms with Crippen LogP contribution in [-0.4, -0.2) is 27.9 Å². The number of nitrogens with two attached hydrogens (primary N) is 1. The van der Waals surface area contributed by atoms with E-state index in [1.807, 2.05) is 25.3 Å². The molecule has 2 aromatic heterocycles. The maximum absolute atomic E-state index is 7.51. The van der Waals surface area contributed by atoms with E-state index in [1.54, 1.807) is 12.1 Å². The highest BCUT2D eigenvalue weighted by atomic mass is 14.9. The van der Waals surface area contributed by atoms with Crippen molar-refractivity contribution in [3.05, 3.63) is 90.4 Å². The molecule has 0 unspecified atom stereocenters. The second-order valence-electron chi connectivity index (χ2n) is 8.79. The summed E-state index contributed by atoms with van der Waals surface area (Å²) in [6.07, 6.45) is 3.10. The lowest BCUT2D eigenvalue weighted by Crippen LogP contribution is -2.20. The van der Waals surface area contributed by atoms with Crippen molar-refractivity contribution in [2.45, 2.75) is 26.8 Å². The van der Waals surface area contributed by atoms with E-state index < -0.39 is 0 Å². The minimum atomic E-state index is 0.314. The van der Waals surface area contributed by atoms with Crippen LogP contribution < -0.4 is 16.4 Å². The van der Waals surface area contributed by atoms with Crippen molar-refractivity contribution >= 4 is 51.3 Å². The van der Waals surface area contributed by atoms with E-state index in [1.165, 1.54) is 6.21 Å². The summed E-state index contributed by atoms with van der Waals surface area (Å²) in [5.74, 6) is 0. The normalized spacial score (nSPS) is 11.6. The summed E-state index contributed by atoms with van der Waals surface area (Å²) >= 11 is 0. The predicted molar refractivity (Wildman–Crippen MR) is 150 cm³/mol. The van der Waals surface area contributed by atoms with Crippen molar-refractivity contribution in [3.63, 3.8) is 0 Å². The Morgan fingerprint density at radius 3 is 2.63 bits per heavy atom. The number of nitrogens with zero attached hydrogens (tertiary/aromatic N) is 1. The van der Waals surface area contributed by atoms with Crippen LogP contribution in [0.1, 0.15) is 43.3 Å². The SMILES string of the molecule is C=C(Nc1cc[nH]c1C(C)=Nc1ccc(N)c(C=N)c1)c1ccc2cc(C(=C)NC(C)C)[nH]c2c1. The summed E-state index contributed by atoms with van der Waals surface area (Å²) in [5, 5.41) is 15.4. The molecule has 0 fully saturated rings. The van der Waals surface area contributed by atoms with Gasteiger partial charge in [-0.15, -0.1) is 0 Å². The van der Waals surface area contributed by atoms with Crippen LogP contribution in [0.4, 0.5) is 17.1 Å². The van der Waals surface area contributed by atoms with Gasteiger partial charge in [-0.2, -0.15) is 0 Å². The second kappa shape index (κ2) is 9.77. The summed E-state index contributed by atoms with van der Waals surface area (Å²) in [7, 11) is 0. The molecule has 0 aliphatic heterocycles. The predicted octanol–water partition coefficient (Wildman–Crippen LogP) is 6.27. The highest BCUT2D eigenvalue weighted by molar-refractivity contribution is 6.04. The van der Waals surface area contributed by atoms with E-state index in [-0.39, 0.29) is 0 Å². The van der Waals surface area contributed by atoms with Crippen molar-refractivity contribution in [2.24, 2.45) is 4.99 Å². The van der Waals surface area contributed by atoms with Crippen molar-refractivity contribution < 1.29 is 0 Å². The standard InChI is InChI=1S/C28H31N7/c1-16(2)32-18(4)26-14-21-7-6-20(13-27(21)35-26)17(3)34-25-10-11-31-28(25)19(5)33-23-8-9-24(30)22(12-23)15-29/h6-16,29,31-32,34-35H,3-4,30H2,1-2,5H3. The number of benzene rings is 2. The van der Waals surface area contributed by atoms with Gasteiger partial charge in [0.15, 0.2) is 0 Å². The smallest absolute Gasteiger partial charge is 0.0835 e. The molecule has 0 aliphatic carbocycles. The Labute approximate surface area is 205 Å². The first-order valence-corrected chi connectivity index (χ1v) is 11.4. The molecule has 35 heavy (non-hydrogen) atoms. The van der Waals surface area contributed by atoms with Crippen molar-refractivity contribution in [1.29, 1.82) is 5.41 Å². The number of aromatic amines is 2. The third-order valence-electron chi connectivity index (χ3n) is 5.68. The number of aliphatic imine (C=N–C) groups is 1. The van der Waals surface area contributed by atoms with E-state index in [4.69, 9.17) is 16.1 Å².